The Morgan fingerprint density at radius 1 is 0.559 bits per heavy atom. The van der Waals surface area contributed by atoms with Crippen molar-refractivity contribution in [2.45, 2.75) is 6.42 Å². The van der Waals surface area contributed by atoms with Gasteiger partial charge in [0, 0.05) is 25.4 Å². The van der Waals surface area contributed by atoms with Crippen molar-refractivity contribution in [3.05, 3.63) is 116 Å². The predicted octanol–water partition coefficient (Wildman–Crippen LogP) is 10.5. The van der Waals surface area contributed by atoms with Gasteiger partial charge in [0.1, 0.15) is 0 Å². The highest BCUT2D eigenvalue weighted by molar-refractivity contribution is 7.25. The second-order valence-electron chi connectivity index (χ2n) is 7.25. The summed E-state index contributed by atoms with van der Waals surface area (Å²) in [6.07, 6.45) is 5.56. The Labute approximate surface area is 218 Å². The molecule has 0 saturated carbocycles. The molecule has 1 aliphatic carbocycles. The smallest absolute Gasteiger partial charge is 0.0812 e. The Bertz CT molecular complexity index is 1430. The van der Waals surface area contributed by atoms with Gasteiger partial charge in [0.2, 0.25) is 0 Å². The van der Waals surface area contributed by atoms with Crippen molar-refractivity contribution in [1.82, 2.24) is 4.98 Å². The van der Waals surface area contributed by atoms with Gasteiger partial charge in [0.05, 0.1) is 15.7 Å². The van der Waals surface area contributed by atoms with Crippen molar-refractivity contribution in [2.75, 3.05) is 0 Å². The maximum atomic E-state index is 4.14. The van der Waals surface area contributed by atoms with Crippen LogP contribution in [0.5, 0.6) is 0 Å². The Morgan fingerprint density at radius 2 is 1.24 bits per heavy atom. The monoisotopic (exact) mass is 531 g/mol. The summed E-state index contributed by atoms with van der Waals surface area (Å²) >= 11 is 8.92. The molecule has 0 bridgehead atoms. The summed E-state index contributed by atoms with van der Waals surface area (Å²) in [5.41, 5.74) is 4.39. The van der Waals surface area contributed by atoms with Crippen LogP contribution in [0.3, 0.4) is 0 Å². The molecular formula is C28H21NS5. The molecular weight excluding hydrogens is 511 g/mol. The number of hydrogen-bond acceptors (Lipinski definition) is 6. The lowest BCUT2D eigenvalue weighted by atomic mass is 10.3. The minimum atomic E-state index is 1.10. The molecule has 34 heavy (non-hydrogen) atoms. The zero-order valence-corrected chi connectivity index (χ0v) is 22.2. The van der Waals surface area contributed by atoms with Gasteiger partial charge < -0.3 is 0 Å². The van der Waals surface area contributed by atoms with Gasteiger partial charge >= 0.3 is 0 Å². The molecule has 1 nitrogen and oxygen atoms in total. The summed E-state index contributed by atoms with van der Waals surface area (Å²) in [6, 6.07) is 25.2. The van der Waals surface area contributed by atoms with Crippen LogP contribution >= 0.6 is 56.7 Å². The molecule has 2 aromatic carbocycles. The van der Waals surface area contributed by atoms with Crippen LogP contribution in [-0.4, -0.2) is 4.98 Å². The van der Waals surface area contributed by atoms with Crippen molar-refractivity contribution < 1.29 is 0 Å². The van der Waals surface area contributed by atoms with Crippen LogP contribution < -0.4 is 0 Å². The molecule has 7 aromatic rings. The summed E-state index contributed by atoms with van der Waals surface area (Å²) in [6.45, 7) is 0. The quantitative estimate of drug-likeness (QED) is 0.190. The third-order valence-corrected chi connectivity index (χ3v) is 9.61. The molecule has 0 atom stereocenters. The number of rotatable bonds is 0. The molecule has 0 saturated heterocycles. The van der Waals surface area contributed by atoms with E-state index >= 15 is 0 Å². The second-order valence-corrected chi connectivity index (χ2v) is 12.0. The Morgan fingerprint density at radius 3 is 2.00 bits per heavy atom. The fourth-order valence-corrected chi connectivity index (χ4v) is 7.50. The number of hydrogen-bond donors (Lipinski definition) is 0. The number of fused-ring (bicyclic) bond motifs is 4. The van der Waals surface area contributed by atoms with Gasteiger partial charge in [-0.05, 0) is 74.9 Å². The predicted molar refractivity (Wildman–Crippen MR) is 158 cm³/mol. The van der Waals surface area contributed by atoms with Crippen LogP contribution in [0.1, 0.15) is 10.4 Å². The van der Waals surface area contributed by atoms with E-state index in [4.69, 9.17) is 0 Å². The summed E-state index contributed by atoms with van der Waals surface area (Å²) in [7, 11) is 0. The molecule has 0 N–H and O–H groups in total. The van der Waals surface area contributed by atoms with Gasteiger partial charge in [-0.3, -0.25) is 0 Å². The number of benzene rings is 2. The van der Waals surface area contributed by atoms with E-state index in [-0.39, 0.29) is 0 Å². The van der Waals surface area contributed by atoms with E-state index in [1.807, 2.05) is 35.0 Å². The van der Waals surface area contributed by atoms with Gasteiger partial charge in [0.15, 0.2) is 0 Å². The van der Waals surface area contributed by atoms with Crippen molar-refractivity contribution >= 4 is 92.5 Å². The zero-order chi connectivity index (χ0) is 23.0. The van der Waals surface area contributed by atoms with Gasteiger partial charge in [0.25, 0.3) is 0 Å². The van der Waals surface area contributed by atoms with E-state index in [9.17, 15) is 0 Å². The van der Waals surface area contributed by atoms with Crippen molar-refractivity contribution in [3.8, 4) is 0 Å². The molecule has 8 rings (SSSR count). The molecule has 6 heteroatoms. The molecule has 168 valence electrons. The Hall–Kier alpha value is -2.61. The number of para-hydroxylation sites is 1. The first-order chi connectivity index (χ1) is 16.9. The van der Waals surface area contributed by atoms with E-state index in [0.717, 1.165) is 11.9 Å². The number of thiazole rings is 1. The van der Waals surface area contributed by atoms with Crippen LogP contribution in [0.25, 0.3) is 35.8 Å². The summed E-state index contributed by atoms with van der Waals surface area (Å²) in [4.78, 5) is 5.66. The van der Waals surface area contributed by atoms with Gasteiger partial charge in [-0.2, -0.15) is 0 Å². The van der Waals surface area contributed by atoms with Crippen LogP contribution in [0.4, 0.5) is 0 Å². The number of allylic oxidation sites excluding steroid dienone is 1. The lowest BCUT2D eigenvalue weighted by Gasteiger charge is -1.82. The van der Waals surface area contributed by atoms with Crippen LogP contribution in [0.15, 0.2) is 106 Å². The van der Waals surface area contributed by atoms with Crippen LogP contribution in [0, 0.1) is 0 Å². The third-order valence-electron chi connectivity index (χ3n) is 5.05. The van der Waals surface area contributed by atoms with Gasteiger partial charge in [-0.15, -0.1) is 56.7 Å². The van der Waals surface area contributed by atoms with Gasteiger partial charge in [-0.25, -0.2) is 4.98 Å². The minimum Gasteiger partial charge on any atom is -0.245 e. The Balaban J connectivity index is 0.0000000945. The van der Waals surface area contributed by atoms with Crippen LogP contribution in [0.2, 0.25) is 0 Å². The average molecular weight is 532 g/mol. The van der Waals surface area contributed by atoms with Crippen molar-refractivity contribution in [1.29, 1.82) is 0 Å². The summed E-state index contributed by atoms with van der Waals surface area (Å²) in [5.74, 6) is 0. The molecule has 5 heterocycles. The number of aromatic nitrogens is 1. The van der Waals surface area contributed by atoms with Crippen LogP contribution in [-0.2, 0) is 6.42 Å². The van der Waals surface area contributed by atoms with Crippen molar-refractivity contribution in [2.24, 2.45) is 0 Å². The molecule has 1 aliphatic rings. The second kappa shape index (κ2) is 11.7. The lowest BCUT2D eigenvalue weighted by Crippen LogP contribution is -1.64. The largest absolute Gasteiger partial charge is 0.245 e. The number of nitrogens with zero attached hydrogens (tertiary/aromatic N) is 1. The van der Waals surface area contributed by atoms with E-state index in [0.29, 0.717) is 0 Å². The lowest BCUT2D eigenvalue weighted by molar-refractivity contribution is 1.40. The molecule has 0 fully saturated rings. The third kappa shape index (κ3) is 5.90. The van der Waals surface area contributed by atoms with Gasteiger partial charge in [-0.1, -0.05) is 42.5 Å². The zero-order valence-electron chi connectivity index (χ0n) is 18.2. The highest BCUT2D eigenvalue weighted by Crippen LogP contribution is 2.25. The fraction of sp³-hybridized carbons (Fsp3) is 0.0357. The van der Waals surface area contributed by atoms with E-state index in [1.54, 1.807) is 45.3 Å². The SMILES string of the molecule is C1=Cc2ccsc2C1.c1cc2sccc2s1.c1ccc2sccc2c1.c1ccc2scnc2c1. The van der Waals surface area contributed by atoms with E-state index in [2.05, 4.69) is 93.3 Å². The average Bonchev–Trinajstić information content (AvgIpc) is 3.70. The molecule has 0 aliphatic heterocycles. The highest BCUT2D eigenvalue weighted by atomic mass is 32.1. The molecule has 0 radical (unpaired) electrons. The highest BCUT2D eigenvalue weighted by Gasteiger charge is 2.03. The fourth-order valence-electron chi connectivity index (χ4n) is 3.36. The summed E-state index contributed by atoms with van der Waals surface area (Å²) < 4.78 is 5.46. The maximum absolute atomic E-state index is 4.14. The first kappa shape index (κ1) is 23.1. The summed E-state index contributed by atoms with van der Waals surface area (Å²) in [5, 5.41) is 9.86. The first-order valence-electron chi connectivity index (χ1n) is 10.7. The molecule has 0 unspecified atom stereocenters. The maximum Gasteiger partial charge on any atom is 0.0812 e. The Kier molecular flexibility index (Phi) is 7.96. The topological polar surface area (TPSA) is 12.9 Å². The van der Waals surface area contributed by atoms with Crippen molar-refractivity contribution in [3.63, 3.8) is 0 Å². The molecule has 0 spiro atoms. The minimum absolute atomic E-state index is 1.10. The standard InChI is InChI=1S/C8H6S.C7H5NS.C7H6S.C6H4S2/c1-2-4-8-7(3-1)5-6-9-8;1-2-4-7-6(3-1)8-5-9-7;1-2-6-4-5-8-7(6)3-1;1-3-7-6-2-4-8-5(1)6/h1-6H;1-5H;1-2,4-5H,3H2;1-4H. The first-order valence-corrected chi connectivity index (χ1v) is 15.1. The molecule has 5 aromatic heterocycles. The van der Waals surface area contributed by atoms with E-state index in [1.165, 1.54) is 34.6 Å². The molecule has 0 amide bonds. The number of thiophene rings is 4. The normalized spacial score (nSPS) is 11.3. The van der Waals surface area contributed by atoms with E-state index < -0.39 is 0 Å².